The van der Waals surface area contributed by atoms with Crippen LogP contribution in [0.5, 0.6) is 0 Å². The molecule has 1 atom stereocenters. The van der Waals surface area contributed by atoms with Gasteiger partial charge in [-0.1, -0.05) is 36.4 Å². The van der Waals surface area contributed by atoms with Gasteiger partial charge in [0.05, 0.1) is 10.9 Å². The van der Waals surface area contributed by atoms with Gasteiger partial charge in [0.15, 0.2) is 0 Å². The lowest BCUT2D eigenvalue weighted by Crippen LogP contribution is -2.48. The summed E-state index contributed by atoms with van der Waals surface area (Å²) in [4.78, 5) is 30.1. The molecule has 2 aromatic heterocycles. The number of likely N-dealkylation sites (tertiary alicyclic amines) is 1. The van der Waals surface area contributed by atoms with Crippen molar-refractivity contribution < 1.29 is 14.3 Å². The Bertz CT molecular complexity index is 1040. The minimum absolute atomic E-state index is 0.0549. The number of piperidine rings is 1. The van der Waals surface area contributed by atoms with E-state index >= 15 is 0 Å². The Kier molecular flexibility index (Phi) is 5.46. The molecule has 5 rings (SSSR count). The Hall–Kier alpha value is -3.13. The van der Waals surface area contributed by atoms with Gasteiger partial charge in [0.1, 0.15) is 18.8 Å². The second-order valence-corrected chi connectivity index (χ2v) is 8.85. The molecule has 1 unspecified atom stereocenters. The highest BCUT2D eigenvalue weighted by Gasteiger charge is 2.40. The molecule has 0 bridgehead atoms. The van der Waals surface area contributed by atoms with Crippen LogP contribution in [-0.4, -0.2) is 57.3 Å². The van der Waals surface area contributed by atoms with E-state index in [1.165, 1.54) is 0 Å². The molecule has 0 radical (unpaired) electrons. The Balaban J connectivity index is 1.19. The molecule has 0 saturated carbocycles. The summed E-state index contributed by atoms with van der Waals surface area (Å²) in [7, 11) is 0. The largest absolute Gasteiger partial charge is 0.447 e. The molecule has 0 aliphatic carbocycles. The van der Waals surface area contributed by atoms with Gasteiger partial charge in [-0.25, -0.2) is 4.79 Å². The summed E-state index contributed by atoms with van der Waals surface area (Å²) in [6, 6.07) is 16.0. The first-order valence-corrected chi connectivity index (χ1v) is 11.4. The first kappa shape index (κ1) is 19.8. The SMILES string of the molecule is O=C(Cn1ccc(-c2cccs2)n1)N1CCC(N2C(=O)OCC2c2ccccc2)CC1. The minimum Gasteiger partial charge on any atom is -0.447 e. The van der Waals surface area contributed by atoms with Crippen molar-refractivity contribution in [3.8, 4) is 10.6 Å². The zero-order valence-corrected chi connectivity index (χ0v) is 17.9. The van der Waals surface area contributed by atoms with Crippen LogP contribution in [0.1, 0.15) is 24.4 Å². The van der Waals surface area contributed by atoms with E-state index in [2.05, 4.69) is 5.10 Å². The fraction of sp³-hybridized carbons (Fsp3) is 0.348. The third-order valence-electron chi connectivity index (χ3n) is 6.02. The van der Waals surface area contributed by atoms with Crippen LogP contribution in [0.25, 0.3) is 10.6 Å². The normalized spacial score (nSPS) is 19.6. The van der Waals surface area contributed by atoms with Crippen LogP contribution >= 0.6 is 11.3 Å². The maximum Gasteiger partial charge on any atom is 0.410 e. The lowest BCUT2D eigenvalue weighted by molar-refractivity contribution is -0.133. The topological polar surface area (TPSA) is 67.7 Å². The molecular weight excluding hydrogens is 412 g/mol. The number of carbonyl (C=O) groups excluding carboxylic acids is 2. The minimum atomic E-state index is -0.253. The van der Waals surface area contributed by atoms with Crippen molar-refractivity contribution in [3.05, 3.63) is 65.7 Å². The van der Waals surface area contributed by atoms with E-state index < -0.39 is 0 Å². The predicted octanol–water partition coefficient (Wildman–Crippen LogP) is 3.80. The molecule has 2 amide bonds. The summed E-state index contributed by atoms with van der Waals surface area (Å²) in [6.07, 6.45) is 3.11. The maximum absolute atomic E-state index is 12.8. The van der Waals surface area contributed by atoms with Crippen molar-refractivity contribution in [3.63, 3.8) is 0 Å². The van der Waals surface area contributed by atoms with E-state index in [4.69, 9.17) is 4.74 Å². The monoisotopic (exact) mass is 436 g/mol. The van der Waals surface area contributed by atoms with E-state index in [9.17, 15) is 9.59 Å². The zero-order chi connectivity index (χ0) is 21.2. The number of rotatable bonds is 5. The zero-order valence-electron chi connectivity index (χ0n) is 17.1. The van der Waals surface area contributed by atoms with Crippen LogP contribution < -0.4 is 0 Å². The molecule has 31 heavy (non-hydrogen) atoms. The van der Waals surface area contributed by atoms with E-state index in [0.29, 0.717) is 19.7 Å². The molecule has 4 heterocycles. The summed E-state index contributed by atoms with van der Waals surface area (Å²) in [5, 5.41) is 6.55. The summed E-state index contributed by atoms with van der Waals surface area (Å²) < 4.78 is 7.07. The maximum atomic E-state index is 12.8. The van der Waals surface area contributed by atoms with Gasteiger partial charge < -0.3 is 9.64 Å². The lowest BCUT2D eigenvalue weighted by atomic mass is 9.99. The summed E-state index contributed by atoms with van der Waals surface area (Å²) in [6.45, 7) is 1.88. The summed E-state index contributed by atoms with van der Waals surface area (Å²) in [5.74, 6) is 0.0582. The van der Waals surface area contributed by atoms with Crippen molar-refractivity contribution in [2.45, 2.75) is 31.5 Å². The number of ether oxygens (including phenoxy) is 1. The van der Waals surface area contributed by atoms with E-state index in [1.54, 1.807) is 16.0 Å². The van der Waals surface area contributed by atoms with Gasteiger partial charge in [-0.2, -0.15) is 5.10 Å². The highest BCUT2D eigenvalue weighted by atomic mass is 32.1. The molecule has 2 saturated heterocycles. The number of thiophene rings is 1. The number of hydrogen-bond donors (Lipinski definition) is 0. The number of aromatic nitrogens is 2. The van der Waals surface area contributed by atoms with Crippen LogP contribution in [0, 0.1) is 0 Å². The first-order chi connectivity index (χ1) is 15.2. The predicted molar refractivity (Wildman–Crippen MR) is 118 cm³/mol. The molecule has 3 aromatic rings. The van der Waals surface area contributed by atoms with Gasteiger partial charge in [0.25, 0.3) is 0 Å². The molecule has 2 aliphatic rings. The molecule has 2 fully saturated rings. The van der Waals surface area contributed by atoms with Gasteiger partial charge >= 0.3 is 6.09 Å². The van der Waals surface area contributed by atoms with Crippen molar-refractivity contribution in [2.24, 2.45) is 0 Å². The van der Waals surface area contributed by atoms with E-state index in [1.807, 2.05) is 69.9 Å². The number of benzene rings is 1. The molecule has 0 spiro atoms. The van der Waals surface area contributed by atoms with Crippen molar-refractivity contribution in [2.75, 3.05) is 19.7 Å². The second-order valence-electron chi connectivity index (χ2n) is 7.90. The standard InChI is InChI=1S/C23H24N4O3S/c28-22(15-26-13-10-19(24-26)21-7-4-14-31-21)25-11-8-18(9-12-25)27-20(16-30-23(27)29)17-5-2-1-3-6-17/h1-7,10,13-14,18,20H,8-9,11-12,15-16H2. The molecule has 1 aromatic carbocycles. The smallest absolute Gasteiger partial charge is 0.410 e. The Labute approximate surface area is 184 Å². The summed E-state index contributed by atoms with van der Waals surface area (Å²) >= 11 is 1.63. The number of hydrogen-bond acceptors (Lipinski definition) is 5. The van der Waals surface area contributed by atoms with Gasteiger partial charge in [0, 0.05) is 25.3 Å². The molecule has 160 valence electrons. The number of carbonyl (C=O) groups is 2. The van der Waals surface area contributed by atoms with Gasteiger partial charge in [-0.3, -0.25) is 14.4 Å². The third kappa shape index (κ3) is 4.07. The number of cyclic esters (lactones) is 1. The fourth-order valence-electron chi connectivity index (χ4n) is 4.41. The van der Waals surface area contributed by atoms with Gasteiger partial charge in [0.2, 0.25) is 5.91 Å². The van der Waals surface area contributed by atoms with Gasteiger partial charge in [-0.05, 0) is 35.9 Å². The first-order valence-electron chi connectivity index (χ1n) is 10.5. The molecule has 2 aliphatic heterocycles. The van der Waals surface area contributed by atoms with Crippen molar-refractivity contribution in [1.82, 2.24) is 19.6 Å². The van der Waals surface area contributed by atoms with E-state index in [-0.39, 0.29) is 30.6 Å². The quantitative estimate of drug-likeness (QED) is 0.610. The Morgan fingerprint density at radius 3 is 2.65 bits per heavy atom. The van der Waals surface area contributed by atoms with Crippen molar-refractivity contribution >= 4 is 23.3 Å². The van der Waals surface area contributed by atoms with Crippen LogP contribution in [0.15, 0.2) is 60.1 Å². The molecular formula is C23H24N4O3S. The average molecular weight is 437 g/mol. The van der Waals surface area contributed by atoms with Crippen molar-refractivity contribution in [1.29, 1.82) is 0 Å². The fourth-order valence-corrected chi connectivity index (χ4v) is 5.10. The van der Waals surface area contributed by atoms with Gasteiger partial charge in [-0.15, -0.1) is 11.3 Å². The lowest BCUT2D eigenvalue weighted by Gasteiger charge is -2.38. The van der Waals surface area contributed by atoms with Crippen LogP contribution in [0.2, 0.25) is 0 Å². The molecule has 8 heteroatoms. The van der Waals surface area contributed by atoms with E-state index in [0.717, 1.165) is 29.0 Å². The number of amides is 2. The Morgan fingerprint density at radius 1 is 1.10 bits per heavy atom. The Morgan fingerprint density at radius 2 is 1.90 bits per heavy atom. The van der Waals surface area contributed by atoms with Crippen LogP contribution in [0.4, 0.5) is 4.79 Å². The highest BCUT2D eigenvalue weighted by molar-refractivity contribution is 7.13. The molecule has 0 N–H and O–H groups in total. The number of nitrogens with zero attached hydrogens (tertiary/aromatic N) is 4. The molecule has 7 nitrogen and oxygen atoms in total. The second kappa shape index (κ2) is 8.55. The highest BCUT2D eigenvalue weighted by Crippen LogP contribution is 2.33. The van der Waals surface area contributed by atoms with Crippen LogP contribution in [0.3, 0.4) is 0 Å². The van der Waals surface area contributed by atoms with Crippen LogP contribution in [-0.2, 0) is 16.1 Å². The average Bonchev–Trinajstić information content (AvgIpc) is 3.55. The third-order valence-corrected chi connectivity index (χ3v) is 6.91. The summed E-state index contributed by atoms with van der Waals surface area (Å²) in [5.41, 5.74) is 1.98.